The Bertz CT molecular complexity index is 539. The SMILES string of the molecule is O=C(/C=C/c1ccc([N+](=O)[O-])cc1)NCCCC(=O)NO. The first-order chi connectivity index (χ1) is 10.0. The lowest BCUT2D eigenvalue weighted by Crippen LogP contribution is -2.24. The van der Waals surface area contributed by atoms with Crippen molar-refractivity contribution in [2.45, 2.75) is 12.8 Å². The number of hydrogen-bond donors (Lipinski definition) is 3. The average molecular weight is 293 g/mol. The number of hydrogen-bond acceptors (Lipinski definition) is 5. The van der Waals surface area contributed by atoms with Gasteiger partial charge in [-0.15, -0.1) is 0 Å². The van der Waals surface area contributed by atoms with E-state index >= 15 is 0 Å². The Labute approximate surface area is 120 Å². The standard InChI is InChI=1S/C13H15N3O5/c17-12(14-9-1-2-13(18)15-19)8-5-10-3-6-11(7-4-10)16(20)21/h3-8,19H,1-2,9H2,(H,14,17)(H,15,18)/b8-5+. The molecular formula is C13H15N3O5. The lowest BCUT2D eigenvalue weighted by molar-refractivity contribution is -0.384. The summed E-state index contributed by atoms with van der Waals surface area (Å²) in [6, 6.07) is 5.77. The van der Waals surface area contributed by atoms with E-state index in [0.717, 1.165) is 0 Å². The van der Waals surface area contributed by atoms with Crippen LogP contribution < -0.4 is 10.8 Å². The summed E-state index contributed by atoms with van der Waals surface area (Å²) in [5.41, 5.74) is 2.15. The molecule has 0 heterocycles. The molecule has 1 rings (SSSR count). The van der Waals surface area contributed by atoms with Crippen LogP contribution >= 0.6 is 0 Å². The summed E-state index contributed by atoms with van der Waals surface area (Å²) < 4.78 is 0. The van der Waals surface area contributed by atoms with Gasteiger partial charge in [-0.1, -0.05) is 0 Å². The second-order valence-electron chi connectivity index (χ2n) is 4.11. The van der Waals surface area contributed by atoms with E-state index < -0.39 is 10.8 Å². The summed E-state index contributed by atoms with van der Waals surface area (Å²) >= 11 is 0. The molecule has 0 fully saturated rings. The van der Waals surface area contributed by atoms with Crippen LogP contribution in [0.1, 0.15) is 18.4 Å². The Kier molecular flexibility index (Phi) is 6.55. The Morgan fingerprint density at radius 2 is 1.95 bits per heavy atom. The van der Waals surface area contributed by atoms with Crippen LogP contribution in [0.5, 0.6) is 0 Å². The van der Waals surface area contributed by atoms with Crippen LogP contribution in [-0.2, 0) is 9.59 Å². The van der Waals surface area contributed by atoms with Crippen molar-refractivity contribution >= 4 is 23.6 Å². The number of carbonyl (C=O) groups is 2. The molecule has 8 heteroatoms. The Morgan fingerprint density at radius 1 is 1.29 bits per heavy atom. The van der Waals surface area contributed by atoms with Crippen molar-refractivity contribution in [1.29, 1.82) is 0 Å². The van der Waals surface area contributed by atoms with Crippen molar-refractivity contribution in [3.8, 4) is 0 Å². The van der Waals surface area contributed by atoms with Crippen molar-refractivity contribution in [2.75, 3.05) is 6.54 Å². The fourth-order valence-electron chi connectivity index (χ4n) is 1.45. The molecule has 112 valence electrons. The number of nitro benzene ring substituents is 1. The van der Waals surface area contributed by atoms with Gasteiger partial charge in [0.1, 0.15) is 0 Å². The van der Waals surface area contributed by atoms with Crippen LogP contribution in [0.25, 0.3) is 6.08 Å². The number of nitrogens with one attached hydrogen (secondary N) is 2. The fourth-order valence-corrected chi connectivity index (χ4v) is 1.45. The monoisotopic (exact) mass is 293 g/mol. The molecule has 0 aliphatic carbocycles. The molecule has 8 nitrogen and oxygen atoms in total. The summed E-state index contributed by atoms with van der Waals surface area (Å²) in [5.74, 6) is -0.844. The Hall–Kier alpha value is -2.74. The number of amides is 2. The number of rotatable bonds is 7. The van der Waals surface area contributed by atoms with Gasteiger partial charge in [0.25, 0.3) is 5.69 Å². The minimum absolute atomic E-state index is 0.0150. The summed E-state index contributed by atoms with van der Waals surface area (Å²) in [7, 11) is 0. The molecule has 0 aliphatic rings. The molecule has 2 amide bonds. The van der Waals surface area contributed by atoms with Crippen molar-refractivity contribution < 1.29 is 19.7 Å². The first-order valence-electron chi connectivity index (χ1n) is 6.16. The van der Waals surface area contributed by atoms with E-state index in [-0.39, 0.29) is 18.0 Å². The maximum Gasteiger partial charge on any atom is 0.269 e. The number of carbonyl (C=O) groups excluding carboxylic acids is 2. The minimum atomic E-state index is -0.509. The number of nitrogens with zero attached hydrogens (tertiary/aromatic N) is 1. The van der Waals surface area contributed by atoms with Crippen LogP contribution in [0.2, 0.25) is 0 Å². The fraction of sp³-hybridized carbons (Fsp3) is 0.231. The van der Waals surface area contributed by atoms with Crippen LogP contribution in [0.15, 0.2) is 30.3 Å². The van der Waals surface area contributed by atoms with E-state index in [4.69, 9.17) is 5.21 Å². The predicted octanol–water partition coefficient (Wildman–Crippen LogP) is 1.01. The van der Waals surface area contributed by atoms with Gasteiger partial charge in [-0.25, -0.2) is 5.48 Å². The molecular weight excluding hydrogens is 278 g/mol. The van der Waals surface area contributed by atoms with Crippen LogP contribution in [-0.4, -0.2) is 28.5 Å². The molecule has 1 aromatic rings. The lowest BCUT2D eigenvalue weighted by Gasteiger charge is -2.01. The average Bonchev–Trinajstić information content (AvgIpc) is 2.49. The zero-order valence-corrected chi connectivity index (χ0v) is 11.1. The van der Waals surface area contributed by atoms with Crippen molar-refractivity contribution in [1.82, 2.24) is 10.8 Å². The normalized spacial score (nSPS) is 10.3. The summed E-state index contributed by atoms with van der Waals surface area (Å²) in [6.07, 6.45) is 3.35. The first kappa shape index (κ1) is 16.3. The van der Waals surface area contributed by atoms with Gasteiger partial charge in [0, 0.05) is 31.2 Å². The lowest BCUT2D eigenvalue weighted by atomic mass is 10.2. The van der Waals surface area contributed by atoms with E-state index in [1.54, 1.807) is 0 Å². The smallest absolute Gasteiger partial charge is 0.269 e. The maximum absolute atomic E-state index is 11.4. The predicted molar refractivity (Wildman–Crippen MR) is 74.3 cm³/mol. The highest BCUT2D eigenvalue weighted by molar-refractivity contribution is 5.91. The van der Waals surface area contributed by atoms with E-state index in [9.17, 15) is 19.7 Å². The van der Waals surface area contributed by atoms with Gasteiger partial charge in [-0.05, 0) is 30.2 Å². The summed E-state index contributed by atoms with van der Waals surface area (Å²) in [4.78, 5) is 32.1. The Morgan fingerprint density at radius 3 is 2.52 bits per heavy atom. The van der Waals surface area contributed by atoms with Gasteiger partial charge >= 0.3 is 0 Å². The molecule has 0 saturated carbocycles. The molecule has 1 aromatic carbocycles. The van der Waals surface area contributed by atoms with Crippen molar-refractivity contribution in [2.24, 2.45) is 0 Å². The molecule has 0 spiro atoms. The second kappa shape index (κ2) is 8.43. The number of benzene rings is 1. The molecule has 0 aliphatic heterocycles. The van der Waals surface area contributed by atoms with Gasteiger partial charge in [0.05, 0.1) is 4.92 Å². The molecule has 0 radical (unpaired) electrons. The van der Waals surface area contributed by atoms with Gasteiger partial charge in [-0.3, -0.25) is 24.9 Å². The van der Waals surface area contributed by atoms with E-state index in [0.29, 0.717) is 18.5 Å². The molecule has 21 heavy (non-hydrogen) atoms. The number of nitro groups is 1. The quantitative estimate of drug-likeness (QED) is 0.228. The third kappa shape index (κ3) is 6.30. The van der Waals surface area contributed by atoms with Gasteiger partial charge < -0.3 is 5.32 Å². The second-order valence-corrected chi connectivity index (χ2v) is 4.11. The first-order valence-corrected chi connectivity index (χ1v) is 6.16. The summed E-state index contributed by atoms with van der Waals surface area (Å²) in [5, 5.41) is 21.3. The van der Waals surface area contributed by atoms with Crippen LogP contribution in [0, 0.1) is 10.1 Å². The van der Waals surface area contributed by atoms with Crippen molar-refractivity contribution in [3.05, 3.63) is 46.0 Å². The third-order valence-corrected chi connectivity index (χ3v) is 2.54. The summed E-state index contributed by atoms with van der Waals surface area (Å²) in [6.45, 7) is 0.302. The molecule has 0 saturated heterocycles. The largest absolute Gasteiger partial charge is 0.353 e. The van der Waals surface area contributed by atoms with Crippen molar-refractivity contribution in [3.63, 3.8) is 0 Å². The number of non-ortho nitro benzene ring substituents is 1. The molecule has 3 N–H and O–H groups in total. The van der Waals surface area contributed by atoms with Crippen LogP contribution in [0.4, 0.5) is 5.69 Å². The topological polar surface area (TPSA) is 122 Å². The molecule has 0 unspecified atom stereocenters. The third-order valence-electron chi connectivity index (χ3n) is 2.54. The highest BCUT2D eigenvalue weighted by atomic mass is 16.6. The molecule has 0 atom stereocenters. The van der Waals surface area contributed by atoms with Gasteiger partial charge in [0.15, 0.2) is 0 Å². The highest BCUT2D eigenvalue weighted by Crippen LogP contribution is 2.12. The highest BCUT2D eigenvalue weighted by Gasteiger charge is 2.03. The van der Waals surface area contributed by atoms with E-state index in [1.165, 1.54) is 41.9 Å². The Balaban J connectivity index is 2.36. The van der Waals surface area contributed by atoms with E-state index in [1.807, 2.05) is 0 Å². The van der Waals surface area contributed by atoms with Gasteiger partial charge in [0.2, 0.25) is 11.8 Å². The van der Waals surface area contributed by atoms with Gasteiger partial charge in [-0.2, -0.15) is 0 Å². The molecule has 0 aromatic heterocycles. The zero-order chi connectivity index (χ0) is 15.7. The molecule has 0 bridgehead atoms. The zero-order valence-electron chi connectivity index (χ0n) is 11.1. The van der Waals surface area contributed by atoms with E-state index in [2.05, 4.69) is 5.32 Å². The maximum atomic E-state index is 11.4. The number of hydroxylamine groups is 1. The van der Waals surface area contributed by atoms with Crippen LogP contribution in [0.3, 0.4) is 0 Å². The minimum Gasteiger partial charge on any atom is -0.353 e.